The van der Waals surface area contributed by atoms with E-state index in [1.807, 2.05) is 36.4 Å². The lowest BCUT2D eigenvalue weighted by Crippen LogP contribution is -2.29. The SMILES string of the molecule is NNC(c1ccc(Cl)c(Br)c1)c1ccc2c(c1)OCCO2. The van der Waals surface area contributed by atoms with Crippen molar-refractivity contribution in [1.82, 2.24) is 5.43 Å². The van der Waals surface area contributed by atoms with Gasteiger partial charge < -0.3 is 9.47 Å². The van der Waals surface area contributed by atoms with Gasteiger partial charge in [0, 0.05) is 4.47 Å². The molecular weight excluding hydrogens is 356 g/mol. The van der Waals surface area contributed by atoms with Gasteiger partial charge in [0.25, 0.3) is 0 Å². The van der Waals surface area contributed by atoms with Crippen molar-refractivity contribution in [2.24, 2.45) is 5.84 Å². The first-order valence-corrected chi connectivity index (χ1v) is 7.67. The molecule has 4 nitrogen and oxygen atoms in total. The second kappa shape index (κ2) is 6.23. The van der Waals surface area contributed by atoms with Crippen molar-refractivity contribution in [3.63, 3.8) is 0 Å². The molecule has 0 aliphatic carbocycles. The van der Waals surface area contributed by atoms with Crippen LogP contribution in [0.2, 0.25) is 5.02 Å². The highest BCUT2D eigenvalue weighted by atomic mass is 79.9. The van der Waals surface area contributed by atoms with Crippen LogP contribution in [0.3, 0.4) is 0 Å². The number of hydrazine groups is 1. The molecule has 1 aliphatic rings. The molecule has 0 amide bonds. The van der Waals surface area contributed by atoms with Crippen LogP contribution in [0.25, 0.3) is 0 Å². The number of ether oxygens (including phenoxy) is 2. The Morgan fingerprint density at radius 2 is 1.71 bits per heavy atom. The molecule has 0 saturated carbocycles. The summed E-state index contributed by atoms with van der Waals surface area (Å²) < 4.78 is 12.0. The van der Waals surface area contributed by atoms with Crippen LogP contribution in [0, 0.1) is 0 Å². The Balaban J connectivity index is 1.97. The van der Waals surface area contributed by atoms with Gasteiger partial charge in [0.1, 0.15) is 13.2 Å². The lowest BCUT2D eigenvalue weighted by molar-refractivity contribution is 0.171. The fourth-order valence-electron chi connectivity index (χ4n) is 2.32. The zero-order valence-electron chi connectivity index (χ0n) is 11.1. The van der Waals surface area contributed by atoms with E-state index in [2.05, 4.69) is 21.4 Å². The molecule has 1 aliphatic heterocycles. The average molecular weight is 370 g/mol. The number of halogens is 2. The Morgan fingerprint density at radius 1 is 1.05 bits per heavy atom. The normalized spacial score (nSPS) is 14.8. The summed E-state index contributed by atoms with van der Waals surface area (Å²) in [7, 11) is 0. The smallest absolute Gasteiger partial charge is 0.161 e. The molecule has 3 N–H and O–H groups in total. The van der Waals surface area contributed by atoms with Crippen molar-refractivity contribution in [2.75, 3.05) is 13.2 Å². The van der Waals surface area contributed by atoms with Gasteiger partial charge in [-0.2, -0.15) is 0 Å². The largest absolute Gasteiger partial charge is 0.486 e. The predicted octanol–water partition coefficient (Wildman–Crippen LogP) is 3.43. The van der Waals surface area contributed by atoms with Gasteiger partial charge in [0.05, 0.1) is 11.1 Å². The van der Waals surface area contributed by atoms with Crippen LogP contribution < -0.4 is 20.7 Å². The van der Waals surface area contributed by atoms with E-state index in [0.717, 1.165) is 27.1 Å². The standard InChI is InChI=1S/C15H14BrClN2O2/c16-11-7-9(1-3-12(11)17)15(19-18)10-2-4-13-14(8-10)21-6-5-20-13/h1-4,7-8,15,19H,5-6,18H2. The third-order valence-corrected chi connectivity index (χ3v) is 4.56. The molecule has 2 aromatic rings. The molecule has 3 rings (SSSR count). The Morgan fingerprint density at radius 3 is 2.43 bits per heavy atom. The first-order chi connectivity index (χ1) is 10.2. The van der Waals surface area contributed by atoms with Crippen molar-refractivity contribution >= 4 is 27.5 Å². The molecule has 110 valence electrons. The summed E-state index contributed by atoms with van der Waals surface area (Å²) in [5.74, 6) is 7.24. The maximum Gasteiger partial charge on any atom is 0.161 e. The minimum atomic E-state index is -0.158. The number of fused-ring (bicyclic) bond motifs is 1. The fourth-order valence-corrected chi connectivity index (χ4v) is 2.83. The zero-order valence-corrected chi connectivity index (χ0v) is 13.4. The van der Waals surface area contributed by atoms with Crippen molar-refractivity contribution in [3.8, 4) is 11.5 Å². The van der Waals surface area contributed by atoms with Gasteiger partial charge in [0.2, 0.25) is 0 Å². The Kier molecular flexibility index (Phi) is 4.35. The van der Waals surface area contributed by atoms with Crippen molar-refractivity contribution < 1.29 is 9.47 Å². The van der Waals surface area contributed by atoms with Crippen molar-refractivity contribution in [2.45, 2.75) is 6.04 Å². The summed E-state index contributed by atoms with van der Waals surface area (Å²) in [4.78, 5) is 0. The highest BCUT2D eigenvalue weighted by Gasteiger charge is 2.18. The third-order valence-electron chi connectivity index (χ3n) is 3.34. The number of hydrogen-bond acceptors (Lipinski definition) is 4. The van der Waals surface area contributed by atoms with Gasteiger partial charge in [-0.1, -0.05) is 23.7 Å². The molecular formula is C15H14BrClN2O2. The molecule has 1 heterocycles. The van der Waals surface area contributed by atoms with E-state index in [1.165, 1.54) is 0 Å². The highest BCUT2D eigenvalue weighted by molar-refractivity contribution is 9.10. The molecule has 21 heavy (non-hydrogen) atoms. The summed E-state index contributed by atoms with van der Waals surface area (Å²) >= 11 is 9.47. The molecule has 1 atom stereocenters. The molecule has 0 radical (unpaired) electrons. The van der Waals surface area contributed by atoms with Gasteiger partial charge in [-0.3, -0.25) is 5.84 Å². The van der Waals surface area contributed by atoms with Gasteiger partial charge >= 0.3 is 0 Å². The van der Waals surface area contributed by atoms with E-state index in [1.54, 1.807) is 0 Å². The lowest BCUT2D eigenvalue weighted by Gasteiger charge is -2.22. The van der Waals surface area contributed by atoms with Crippen molar-refractivity contribution in [3.05, 3.63) is 57.0 Å². The number of benzene rings is 2. The number of hydrogen-bond donors (Lipinski definition) is 2. The van der Waals surface area contributed by atoms with Crippen LogP contribution in [-0.4, -0.2) is 13.2 Å². The number of nitrogens with two attached hydrogens (primary N) is 1. The second-order valence-corrected chi connectivity index (χ2v) is 5.94. The molecule has 0 saturated heterocycles. The Hall–Kier alpha value is -1.27. The summed E-state index contributed by atoms with van der Waals surface area (Å²) in [6, 6.07) is 11.4. The fraction of sp³-hybridized carbons (Fsp3) is 0.200. The van der Waals surface area contributed by atoms with E-state index < -0.39 is 0 Å². The van der Waals surface area contributed by atoms with Crippen LogP contribution in [0.15, 0.2) is 40.9 Å². The molecule has 2 aromatic carbocycles. The topological polar surface area (TPSA) is 56.5 Å². The summed E-state index contributed by atoms with van der Waals surface area (Å²) in [5.41, 5.74) is 4.83. The van der Waals surface area contributed by atoms with Crippen LogP contribution >= 0.6 is 27.5 Å². The number of nitrogens with one attached hydrogen (secondary N) is 1. The van der Waals surface area contributed by atoms with E-state index in [0.29, 0.717) is 18.2 Å². The minimum Gasteiger partial charge on any atom is -0.486 e. The maximum absolute atomic E-state index is 6.03. The molecule has 0 bridgehead atoms. The minimum absolute atomic E-state index is 0.158. The van der Waals surface area contributed by atoms with Crippen LogP contribution in [0.4, 0.5) is 0 Å². The first-order valence-electron chi connectivity index (χ1n) is 6.49. The van der Waals surface area contributed by atoms with Crippen LogP contribution in [0.5, 0.6) is 11.5 Å². The van der Waals surface area contributed by atoms with E-state index in [-0.39, 0.29) is 6.04 Å². The predicted molar refractivity (Wildman–Crippen MR) is 85.8 cm³/mol. The van der Waals surface area contributed by atoms with Gasteiger partial charge in [0.15, 0.2) is 11.5 Å². The summed E-state index contributed by atoms with van der Waals surface area (Å²) in [5, 5.41) is 0.664. The summed E-state index contributed by atoms with van der Waals surface area (Å²) in [6.07, 6.45) is 0. The zero-order chi connectivity index (χ0) is 14.8. The second-order valence-electron chi connectivity index (χ2n) is 4.68. The molecule has 0 aromatic heterocycles. The van der Waals surface area contributed by atoms with Crippen LogP contribution in [0.1, 0.15) is 17.2 Å². The Bertz CT molecular complexity index is 666. The average Bonchev–Trinajstić information content (AvgIpc) is 2.51. The molecule has 1 unspecified atom stereocenters. The maximum atomic E-state index is 6.03. The van der Waals surface area contributed by atoms with E-state index in [4.69, 9.17) is 26.9 Å². The summed E-state index contributed by atoms with van der Waals surface area (Å²) in [6.45, 7) is 1.14. The lowest BCUT2D eigenvalue weighted by atomic mass is 9.99. The quantitative estimate of drug-likeness (QED) is 0.643. The van der Waals surface area contributed by atoms with Gasteiger partial charge in [-0.25, -0.2) is 5.43 Å². The highest BCUT2D eigenvalue weighted by Crippen LogP contribution is 2.35. The first kappa shape index (κ1) is 14.7. The van der Waals surface area contributed by atoms with Crippen molar-refractivity contribution in [1.29, 1.82) is 0 Å². The third kappa shape index (κ3) is 3.01. The van der Waals surface area contributed by atoms with E-state index >= 15 is 0 Å². The van der Waals surface area contributed by atoms with Gasteiger partial charge in [-0.15, -0.1) is 0 Å². The number of rotatable bonds is 3. The van der Waals surface area contributed by atoms with Gasteiger partial charge in [-0.05, 0) is 51.3 Å². The molecule has 0 spiro atoms. The molecule has 0 fully saturated rings. The van der Waals surface area contributed by atoms with Crippen LogP contribution in [-0.2, 0) is 0 Å². The molecule has 6 heteroatoms. The Labute approximate surface area is 136 Å². The van der Waals surface area contributed by atoms with E-state index in [9.17, 15) is 0 Å². The monoisotopic (exact) mass is 368 g/mol.